The van der Waals surface area contributed by atoms with Crippen LogP contribution in [-0.4, -0.2) is 94.1 Å². The summed E-state index contributed by atoms with van der Waals surface area (Å²) >= 11 is 1.19. The molecule has 328 valence electrons. The maximum Gasteiger partial charge on any atom is 0.306 e. The minimum absolute atomic E-state index is 0.0681. The van der Waals surface area contributed by atoms with E-state index in [4.69, 9.17) is 16.2 Å². The SMILES string of the molecule is CC(=O)N1C(C(=O)N[C@@H](CCC(=O)OC2CCCCC2)C(=O)N[C@@H](Cc2ccc(F)cc2)C(=O)N[C@@H](CCCN=C(N)N)C(=O)c2nc3ccccc3s2)CC2CCCCC21. The number of halogens is 1. The summed E-state index contributed by atoms with van der Waals surface area (Å²) in [4.78, 5) is 93.2. The minimum Gasteiger partial charge on any atom is -0.462 e. The summed E-state index contributed by atoms with van der Waals surface area (Å²) in [5.41, 5.74) is 12.2. The van der Waals surface area contributed by atoms with Crippen molar-refractivity contribution in [2.45, 2.75) is 140 Å². The summed E-state index contributed by atoms with van der Waals surface area (Å²) in [6.07, 6.45) is 8.40. The quantitative estimate of drug-likeness (QED) is 0.0403. The van der Waals surface area contributed by atoms with Gasteiger partial charge in [-0.3, -0.25) is 33.8 Å². The molecule has 2 aliphatic carbocycles. The molecule has 0 radical (unpaired) electrons. The first-order chi connectivity index (χ1) is 29.4. The number of para-hydroxylation sites is 1. The molecule has 2 heterocycles. The van der Waals surface area contributed by atoms with Gasteiger partial charge in [-0.05, 0) is 100.0 Å². The zero-order chi connectivity index (χ0) is 43.5. The predicted octanol–water partition coefficient (Wildman–Crippen LogP) is 4.20. The van der Waals surface area contributed by atoms with Crippen LogP contribution in [-0.2, 0) is 35.1 Å². The first-order valence-electron chi connectivity index (χ1n) is 21.5. The van der Waals surface area contributed by atoms with Crippen LogP contribution in [0.5, 0.6) is 0 Å². The van der Waals surface area contributed by atoms with E-state index in [0.717, 1.165) is 62.5 Å². The van der Waals surface area contributed by atoms with Crippen LogP contribution in [0.15, 0.2) is 53.5 Å². The number of ether oxygens (including phenoxy) is 1. The molecular formula is C44H57FN8O7S. The van der Waals surface area contributed by atoms with Crippen molar-refractivity contribution < 1.29 is 37.9 Å². The topological polar surface area (TPSA) is 228 Å². The van der Waals surface area contributed by atoms with Gasteiger partial charge in [0.25, 0.3) is 0 Å². The molecule has 15 nitrogen and oxygen atoms in total. The molecule has 0 spiro atoms. The van der Waals surface area contributed by atoms with Gasteiger partial charge in [-0.25, -0.2) is 9.37 Å². The summed E-state index contributed by atoms with van der Waals surface area (Å²) in [6.45, 7) is 1.63. The Labute approximate surface area is 359 Å². The molecule has 61 heavy (non-hydrogen) atoms. The van der Waals surface area contributed by atoms with Gasteiger partial charge in [0.1, 0.15) is 30.0 Å². The van der Waals surface area contributed by atoms with Gasteiger partial charge in [0, 0.05) is 32.4 Å². The van der Waals surface area contributed by atoms with E-state index in [1.807, 2.05) is 18.2 Å². The van der Waals surface area contributed by atoms with Gasteiger partial charge in [0.05, 0.1) is 16.3 Å². The number of nitrogens with two attached hydrogens (primary N) is 2. The molecule has 1 aromatic heterocycles. The standard InChI is InChI=1S/C44H57FN8O7S/c1-26(54)53-35-15-7-5-10-28(35)25-36(53)42(59)50-33(21-22-38(55)60-30-11-3-2-4-12-30)40(57)51-34(24-27-17-19-29(45)20-18-27)41(58)49-32(14-9-23-48-44(46)47)39(56)43-52-31-13-6-8-16-37(31)61-43/h6,8,13,16-20,28,30,32-36H,2-5,7,9-12,14-15,21-25H2,1H3,(H,49,58)(H,50,59)(H,51,57)(H4,46,47,48)/t28?,32-,33-,34-,35?,36?/m0/s1. The number of benzene rings is 2. The third kappa shape index (κ3) is 12.3. The first-order valence-corrected chi connectivity index (χ1v) is 22.3. The van der Waals surface area contributed by atoms with Crippen LogP contribution < -0.4 is 27.4 Å². The Morgan fingerprint density at radius 2 is 1.56 bits per heavy atom. The number of nitrogens with one attached hydrogen (secondary N) is 3. The van der Waals surface area contributed by atoms with Crippen LogP contribution in [0.2, 0.25) is 0 Å². The van der Waals surface area contributed by atoms with E-state index in [0.29, 0.717) is 23.9 Å². The second-order valence-corrected chi connectivity index (χ2v) is 17.4. The highest BCUT2D eigenvalue weighted by Gasteiger charge is 2.47. The number of carbonyl (C=O) groups excluding carboxylic acids is 6. The molecule has 6 atom stereocenters. The van der Waals surface area contributed by atoms with E-state index in [1.54, 1.807) is 11.0 Å². The van der Waals surface area contributed by atoms with Crippen molar-refractivity contribution >= 4 is 62.9 Å². The normalized spacial score (nSPS) is 20.4. The number of thiazole rings is 1. The fraction of sp³-hybridized carbons (Fsp3) is 0.545. The van der Waals surface area contributed by atoms with Crippen molar-refractivity contribution in [3.63, 3.8) is 0 Å². The largest absolute Gasteiger partial charge is 0.462 e. The summed E-state index contributed by atoms with van der Waals surface area (Å²) in [6, 6.07) is 8.11. The molecule has 3 unspecified atom stereocenters. The number of hydrogen-bond donors (Lipinski definition) is 5. The van der Waals surface area contributed by atoms with E-state index >= 15 is 0 Å². The summed E-state index contributed by atoms with van der Waals surface area (Å²) in [5, 5.41) is 8.62. The van der Waals surface area contributed by atoms with Crippen LogP contribution in [0.1, 0.15) is 112 Å². The van der Waals surface area contributed by atoms with Crippen molar-refractivity contribution in [2.75, 3.05) is 6.54 Å². The Kier molecular flexibility index (Phi) is 15.8. The number of hydrogen-bond acceptors (Lipinski definition) is 10. The Bertz CT molecular complexity index is 2040. The zero-order valence-corrected chi connectivity index (χ0v) is 35.4. The second kappa shape index (κ2) is 21.4. The molecule has 2 saturated carbocycles. The van der Waals surface area contributed by atoms with Crippen LogP contribution in [0, 0.1) is 11.7 Å². The minimum atomic E-state index is -1.32. The van der Waals surface area contributed by atoms with Crippen LogP contribution in [0.3, 0.4) is 0 Å². The van der Waals surface area contributed by atoms with Gasteiger partial charge in [-0.2, -0.15) is 0 Å². The molecule has 6 rings (SSSR count). The lowest BCUT2D eigenvalue weighted by Gasteiger charge is -2.33. The maximum atomic E-state index is 14.4. The third-order valence-electron chi connectivity index (χ3n) is 11.9. The molecule has 0 bridgehead atoms. The number of fused-ring (bicyclic) bond motifs is 2. The Morgan fingerprint density at radius 3 is 2.28 bits per heavy atom. The number of amides is 4. The van der Waals surface area contributed by atoms with Gasteiger partial charge in [-0.1, -0.05) is 43.5 Å². The monoisotopic (exact) mass is 860 g/mol. The maximum absolute atomic E-state index is 14.4. The molecular weight excluding hydrogens is 804 g/mol. The lowest BCUT2D eigenvalue weighted by molar-refractivity contribution is -0.151. The van der Waals surface area contributed by atoms with E-state index in [1.165, 1.54) is 42.5 Å². The van der Waals surface area contributed by atoms with Crippen LogP contribution in [0.4, 0.5) is 4.39 Å². The van der Waals surface area contributed by atoms with Crippen molar-refractivity contribution in [3.05, 3.63) is 64.9 Å². The van der Waals surface area contributed by atoms with Gasteiger partial charge in [-0.15, -0.1) is 11.3 Å². The number of rotatable bonds is 18. The third-order valence-corrected chi connectivity index (χ3v) is 13.0. The average molecular weight is 861 g/mol. The summed E-state index contributed by atoms with van der Waals surface area (Å²) in [7, 11) is 0. The lowest BCUT2D eigenvalue weighted by Crippen LogP contribution is -2.58. The van der Waals surface area contributed by atoms with E-state index < -0.39 is 59.5 Å². The molecule has 7 N–H and O–H groups in total. The summed E-state index contributed by atoms with van der Waals surface area (Å²) in [5.74, 6) is -3.63. The van der Waals surface area contributed by atoms with Gasteiger partial charge >= 0.3 is 5.97 Å². The summed E-state index contributed by atoms with van der Waals surface area (Å²) < 4.78 is 20.5. The molecule has 3 aromatic rings. The lowest BCUT2D eigenvalue weighted by atomic mass is 9.84. The van der Waals surface area contributed by atoms with E-state index in [9.17, 15) is 33.2 Å². The van der Waals surface area contributed by atoms with Crippen molar-refractivity contribution in [2.24, 2.45) is 22.4 Å². The predicted molar refractivity (Wildman–Crippen MR) is 229 cm³/mol. The smallest absolute Gasteiger partial charge is 0.306 e. The van der Waals surface area contributed by atoms with Crippen LogP contribution in [0.25, 0.3) is 10.2 Å². The van der Waals surface area contributed by atoms with Crippen molar-refractivity contribution in [1.29, 1.82) is 0 Å². The fourth-order valence-electron chi connectivity index (χ4n) is 8.88. The zero-order valence-electron chi connectivity index (χ0n) is 34.6. The Balaban J connectivity index is 1.24. The highest BCUT2D eigenvalue weighted by atomic mass is 32.1. The van der Waals surface area contributed by atoms with Gasteiger partial charge in [0.2, 0.25) is 29.4 Å². The molecule has 4 amide bonds. The molecule has 1 aliphatic heterocycles. The number of aliphatic imine (C=N–C) groups is 1. The van der Waals surface area contributed by atoms with Crippen molar-refractivity contribution in [3.8, 4) is 0 Å². The number of Topliss-reactive ketones (excluding diaryl/α,β-unsaturated/α-hetero) is 1. The number of nitrogens with zero attached hydrogens (tertiary/aromatic N) is 3. The van der Waals surface area contributed by atoms with Crippen LogP contribution >= 0.6 is 11.3 Å². The molecule has 2 aromatic carbocycles. The molecule has 3 fully saturated rings. The molecule has 1 saturated heterocycles. The second-order valence-electron chi connectivity index (χ2n) is 16.4. The highest BCUT2D eigenvalue weighted by Crippen LogP contribution is 2.40. The van der Waals surface area contributed by atoms with Crippen molar-refractivity contribution in [1.82, 2.24) is 25.8 Å². The first kappa shape index (κ1) is 45.1. The highest BCUT2D eigenvalue weighted by molar-refractivity contribution is 7.20. The molecule has 3 aliphatic rings. The number of carbonyl (C=O) groups is 6. The molecule has 17 heteroatoms. The van der Waals surface area contributed by atoms with Gasteiger partial charge < -0.3 is 37.1 Å². The number of guanidine groups is 1. The number of aromatic nitrogens is 1. The number of likely N-dealkylation sites (tertiary alicyclic amines) is 1. The number of esters is 1. The Hall–Kier alpha value is -5.45. The average Bonchev–Trinajstić information content (AvgIpc) is 3.87. The number of ketones is 1. The fourth-order valence-corrected chi connectivity index (χ4v) is 9.84. The Morgan fingerprint density at radius 1 is 0.869 bits per heavy atom. The van der Waals surface area contributed by atoms with E-state index in [-0.39, 0.29) is 67.2 Å². The van der Waals surface area contributed by atoms with E-state index in [2.05, 4.69) is 25.9 Å². The van der Waals surface area contributed by atoms with Gasteiger partial charge in [0.15, 0.2) is 11.0 Å².